The average Bonchev–Trinajstić information content (AvgIpc) is 3.09. The molecular formula is C22H23F6N3O2. The van der Waals surface area contributed by atoms with Gasteiger partial charge < -0.3 is 10.4 Å². The highest BCUT2D eigenvalue weighted by molar-refractivity contribution is 6.00. The van der Waals surface area contributed by atoms with Crippen molar-refractivity contribution in [3.05, 3.63) is 41.1 Å². The number of amides is 1. The van der Waals surface area contributed by atoms with Gasteiger partial charge in [0.15, 0.2) is 0 Å². The van der Waals surface area contributed by atoms with E-state index in [0.29, 0.717) is 12.0 Å². The number of nitrogens with zero attached hydrogens (tertiary/aromatic N) is 2. The van der Waals surface area contributed by atoms with Crippen molar-refractivity contribution in [2.75, 3.05) is 20.2 Å². The largest absolute Gasteiger partial charge is 0.489 e. The summed E-state index contributed by atoms with van der Waals surface area (Å²) in [5.74, 6) is -1.01. The van der Waals surface area contributed by atoms with E-state index < -0.39 is 46.3 Å². The van der Waals surface area contributed by atoms with Crippen molar-refractivity contribution in [1.82, 2.24) is 14.8 Å². The maximum atomic E-state index is 13.9. The lowest BCUT2D eigenvalue weighted by Gasteiger charge is -2.40. The molecule has 1 amide bonds. The highest BCUT2D eigenvalue weighted by Crippen LogP contribution is 2.49. The summed E-state index contributed by atoms with van der Waals surface area (Å²) in [6.45, 7) is 1.75. The molecule has 2 heterocycles. The molecule has 4 rings (SSSR count). The monoisotopic (exact) mass is 475 g/mol. The first-order valence-corrected chi connectivity index (χ1v) is 10.5. The number of rotatable bonds is 4. The lowest BCUT2D eigenvalue weighted by molar-refractivity contribution is -0.218. The number of likely N-dealkylation sites (N-methyl/N-ethyl adjacent to an activating group) is 1. The number of aliphatic hydroxyl groups excluding tert-OH is 1. The molecule has 0 spiro atoms. The first kappa shape index (κ1) is 23.6. The molecule has 1 aromatic heterocycles. The lowest BCUT2D eigenvalue weighted by atomic mass is 9.79. The molecule has 33 heavy (non-hydrogen) atoms. The van der Waals surface area contributed by atoms with Crippen molar-refractivity contribution in [1.29, 1.82) is 0 Å². The van der Waals surface area contributed by atoms with Gasteiger partial charge in [0.1, 0.15) is 5.69 Å². The van der Waals surface area contributed by atoms with Crippen LogP contribution in [0.1, 0.15) is 30.2 Å². The maximum Gasteiger partial charge on any atom is 0.489 e. The zero-order valence-corrected chi connectivity index (χ0v) is 17.9. The number of aliphatic hydroxyl groups is 1. The van der Waals surface area contributed by atoms with E-state index in [9.17, 15) is 36.2 Å². The third kappa shape index (κ3) is 3.90. The van der Waals surface area contributed by atoms with E-state index in [1.165, 1.54) is 12.1 Å². The normalized spacial score (nSPS) is 22.2. The van der Waals surface area contributed by atoms with Crippen LogP contribution < -0.4 is 5.32 Å². The Morgan fingerprint density at radius 3 is 2.52 bits per heavy atom. The van der Waals surface area contributed by atoms with Gasteiger partial charge in [-0.1, -0.05) is 25.1 Å². The molecule has 1 aliphatic heterocycles. The SMILES string of the molecule is CC[C@@H](CO)NC(=O)[C@@H]1C=C2c3cccc4c3c(c(C(F)(F)F)n4C(F)(F)F)C[C@H]2N(C)C1. The standard InChI is InChI=1S/C22H23F6N3O2/c1-3-12(10-32)29-20(33)11-7-14-13-5-4-6-16-18(13)15(8-17(14)30(2)9-11)19(21(23,24)25)31(16)22(26,27)28/h4-7,11-12,17,32H,3,8-10H2,1-2H3,(H,29,33)/t11-,12+,17-/m1/s1. The van der Waals surface area contributed by atoms with E-state index in [4.69, 9.17) is 0 Å². The van der Waals surface area contributed by atoms with Crippen LogP contribution in [0, 0.1) is 5.92 Å². The molecule has 1 aromatic carbocycles. The van der Waals surface area contributed by atoms with Crippen LogP contribution >= 0.6 is 0 Å². The van der Waals surface area contributed by atoms with Crippen molar-refractivity contribution >= 4 is 22.4 Å². The summed E-state index contributed by atoms with van der Waals surface area (Å²) >= 11 is 0. The molecule has 5 nitrogen and oxygen atoms in total. The molecule has 2 aromatic rings. The van der Waals surface area contributed by atoms with Crippen LogP contribution in [-0.4, -0.2) is 52.8 Å². The van der Waals surface area contributed by atoms with Crippen LogP contribution in [0.4, 0.5) is 26.3 Å². The lowest BCUT2D eigenvalue weighted by Crippen LogP contribution is -2.48. The van der Waals surface area contributed by atoms with Gasteiger partial charge in [-0.05, 0) is 42.7 Å². The molecule has 2 aliphatic rings. The average molecular weight is 475 g/mol. The third-order valence-corrected chi connectivity index (χ3v) is 6.48. The minimum Gasteiger partial charge on any atom is -0.394 e. The number of carbonyl (C=O) groups excluding carboxylic acids is 1. The molecule has 0 bridgehead atoms. The van der Waals surface area contributed by atoms with Gasteiger partial charge in [0.25, 0.3) is 0 Å². The minimum atomic E-state index is -5.25. The van der Waals surface area contributed by atoms with Gasteiger partial charge in [0.2, 0.25) is 5.91 Å². The van der Waals surface area contributed by atoms with Crippen LogP contribution in [0.5, 0.6) is 0 Å². The van der Waals surface area contributed by atoms with E-state index in [-0.39, 0.29) is 42.0 Å². The first-order valence-electron chi connectivity index (χ1n) is 10.5. The molecular weight excluding hydrogens is 452 g/mol. The Hall–Kier alpha value is -2.53. The fraction of sp³-hybridized carbons (Fsp3) is 0.500. The number of benzene rings is 1. The van der Waals surface area contributed by atoms with E-state index in [1.54, 1.807) is 24.9 Å². The summed E-state index contributed by atoms with van der Waals surface area (Å²) in [4.78, 5) is 14.5. The van der Waals surface area contributed by atoms with Crippen LogP contribution in [0.3, 0.4) is 0 Å². The van der Waals surface area contributed by atoms with Crippen molar-refractivity contribution in [3.8, 4) is 0 Å². The summed E-state index contributed by atoms with van der Waals surface area (Å²) < 4.78 is 82.4. The number of fused-ring (bicyclic) bond motifs is 2. The highest BCUT2D eigenvalue weighted by Gasteiger charge is 2.49. The molecule has 0 unspecified atom stereocenters. The molecule has 0 fully saturated rings. The van der Waals surface area contributed by atoms with Crippen LogP contribution in [0.25, 0.3) is 16.5 Å². The zero-order chi connectivity index (χ0) is 24.3. The highest BCUT2D eigenvalue weighted by atomic mass is 19.4. The number of aromatic nitrogens is 1. The molecule has 0 saturated heterocycles. The van der Waals surface area contributed by atoms with Gasteiger partial charge >= 0.3 is 12.5 Å². The number of carbonyl (C=O) groups is 1. The fourth-order valence-corrected chi connectivity index (χ4v) is 4.95. The second kappa shape index (κ2) is 8.05. The van der Waals surface area contributed by atoms with Gasteiger partial charge in [-0.25, -0.2) is 4.57 Å². The topological polar surface area (TPSA) is 57.5 Å². The smallest absolute Gasteiger partial charge is 0.394 e. The zero-order valence-electron chi connectivity index (χ0n) is 17.9. The second-order valence-electron chi connectivity index (χ2n) is 8.51. The molecule has 0 radical (unpaired) electrons. The maximum absolute atomic E-state index is 13.9. The first-order chi connectivity index (χ1) is 15.4. The Morgan fingerprint density at radius 1 is 1.24 bits per heavy atom. The van der Waals surface area contributed by atoms with E-state index in [2.05, 4.69) is 5.32 Å². The third-order valence-electron chi connectivity index (χ3n) is 6.48. The Labute approximate surface area is 185 Å². The Kier molecular flexibility index (Phi) is 5.76. The predicted molar refractivity (Wildman–Crippen MR) is 109 cm³/mol. The quantitative estimate of drug-likeness (QED) is 0.660. The van der Waals surface area contributed by atoms with E-state index in [1.807, 2.05) is 0 Å². The summed E-state index contributed by atoms with van der Waals surface area (Å²) in [5, 5.41) is 12.0. The number of hydrogen-bond donors (Lipinski definition) is 2. The van der Waals surface area contributed by atoms with Gasteiger partial charge in [0, 0.05) is 18.0 Å². The molecule has 11 heteroatoms. The minimum absolute atomic E-state index is 0.0825. The van der Waals surface area contributed by atoms with Gasteiger partial charge in [-0.15, -0.1) is 13.2 Å². The summed E-state index contributed by atoms with van der Waals surface area (Å²) in [6, 6.07) is 2.81. The van der Waals surface area contributed by atoms with Crippen LogP contribution in [-0.2, 0) is 23.7 Å². The molecule has 180 valence electrons. The van der Waals surface area contributed by atoms with Crippen LogP contribution in [0.2, 0.25) is 0 Å². The number of halogens is 6. The fourth-order valence-electron chi connectivity index (χ4n) is 4.95. The number of hydrogen-bond acceptors (Lipinski definition) is 3. The molecule has 2 N–H and O–H groups in total. The number of nitrogens with one attached hydrogen (secondary N) is 1. The van der Waals surface area contributed by atoms with Gasteiger partial charge in [-0.2, -0.15) is 13.2 Å². The molecule has 0 saturated carbocycles. The summed E-state index contributed by atoms with van der Waals surface area (Å²) in [7, 11) is 1.64. The van der Waals surface area contributed by atoms with Gasteiger partial charge in [0.05, 0.1) is 24.1 Å². The van der Waals surface area contributed by atoms with Crippen LogP contribution in [0.15, 0.2) is 24.3 Å². The Bertz CT molecular complexity index is 1110. The Balaban J connectivity index is 1.90. The molecule has 3 atom stereocenters. The summed E-state index contributed by atoms with van der Waals surface area (Å²) in [5.41, 5.74) is -1.83. The summed E-state index contributed by atoms with van der Waals surface area (Å²) in [6.07, 6.45) is -8.55. The van der Waals surface area contributed by atoms with Crippen molar-refractivity contribution in [3.63, 3.8) is 0 Å². The van der Waals surface area contributed by atoms with Crippen molar-refractivity contribution in [2.45, 2.75) is 44.3 Å². The van der Waals surface area contributed by atoms with E-state index in [0.717, 1.165) is 6.07 Å². The predicted octanol–water partition coefficient (Wildman–Crippen LogP) is 3.89. The Morgan fingerprint density at radius 2 is 1.94 bits per heavy atom. The molecule has 1 aliphatic carbocycles. The van der Waals surface area contributed by atoms with E-state index >= 15 is 0 Å². The van der Waals surface area contributed by atoms with Gasteiger partial charge in [-0.3, -0.25) is 9.69 Å². The van der Waals surface area contributed by atoms with Crippen molar-refractivity contribution in [2.24, 2.45) is 5.92 Å². The second-order valence-corrected chi connectivity index (χ2v) is 8.51. The number of alkyl halides is 6. The van der Waals surface area contributed by atoms with Crippen molar-refractivity contribution < 1.29 is 36.2 Å².